The SMILES string of the molecule is COc1ccc(C(=O)N(C)c2cccnc2)cc1NC(=O)C1CCCC1. The van der Waals surface area contributed by atoms with Gasteiger partial charge in [0.25, 0.3) is 5.91 Å². The predicted octanol–water partition coefficient (Wildman–Crippen LogP) is 3.50. The molecule has 6 nitrogen and oxygen atoms in total. The van der Waals surface area contributed by atoms with Crippen LogP contribution in [0.1, 0.15) is 36.0 Å². The van der Waals surface area contributed by atoms with Crippen LogP contribution in [0, 0.1) is 5.92 Å². The van der Waals surface area contributed by atoms with Gasteiger partial charge in [-0.15, -0.1) is 0 Å². The van der Waals surface area contributed by atoms with Crippen molar-refractivity contribution in [1.82, 2.24) is 4.98 Å². The fourth-order valence-electron chi connectivity index (χ4n) is 3.22. The van der Waals surface area contributed by atoms with Crippen LogP contribution in [0.5, 0.6) is 5.75 Å². The molecule has 0 radical (unpaired) electrons. The van der Waals surface area contributed by atoms with Crippen molar-refractivity contribution in [2.24, 2.45) is 5.92 Å². The van der Waals surface area contributed by atoms with E-state index in [1.807, 2.05) is 6.07 Å². The van der Waals surface area contributed by atoms with Gasteiger partial charge >= 0.3 is 0 Å². The Balaban J connectivity index is 1.82. The number of rotatable bonds is 5. The van der Waals surface area contributed by atoms with Crippen molar-refractivity contribution in [3.63, 3.8) is 0 Å². The van der Waals surface area contributed by atoms with Gasteiger partial charge in [-0.05, 0) is 43.2 Å². The number of hydrogen-bond acceptors (Lipinski definition) is 4. The summed E-state index contributed by atoms with van der Waals surface area (Å²) in [4.78, 5) is 30.8. The summed E-state index contributed by atoms with van der Waals surface area (Å²) in [5, 5.41) is 2.93. The Morgan fingerprint density at radius 3 is 2.65 bits per heavy atom. The highest BCUT2D eigenvalue weighted by atomic mass is 16.5. The minimum Gasteiger partial charge on any atom is -0.495 e. The molecule has 0 unspecified atom stereocenters. The lowest BCUT2D eigenvalue weighted by molar-refractivity contribution is -0.119. The highest BCUT2D eigenvalue weighted by molar-refractivity contribution is 6.07. The molecule has 26 heavy (non-hydrogen) atoms. The van der Waals surface area contributed by atoms with Gasteiger partial charge in [0.2, 0.25) is 5.91 Å². The Morgan fingerprint density at radius 2 is 2.00 bits per heavy atom. The van der Waals surface area contributed by atoms with E-state index in [2.05, 4.69) is 10.3 Å². The van der Waals surface area contributed by atoms with Gasteiger partial charge in [-0.3, -0.25) is 14.6 Å². The number of hydrogen-bond donors (Lipinski definition) is 1. The summed E-state index contributed by atoms with van der Waals surface area (Å²) in [7, 11) is 3.24. The van der Waals surface area contributed by atoms with Crippen LogP contribution in [0.3, 0.4) is 0 Å². The molecule has 2 amide bonds. The van der Waals surface area contributed by atoms with Crippen LogP contribution >= 0.6 is 0 Å². The lowest BCUT2D eigenvalue weighted by Gasteiger charge is -2.19. The van der Waals surface area contributed by atoms with Crippen LogP contribution in [0.4, 0.5) is 11.4 Å². The first kappa shape index (κ1) is 17.9. The zero-order valence-electron chi connectivity index (χ0n) is 15.1. The van der Waals surface area contributed by atoms with Crippen LogP contribution < -0.4 is 15.0 Å². The van der Waals surface area contributed by atoms with Crippen molar-refractivity contribution in [3.8, 4) is 5.75 Å². The maximum atomic E-state index is 12.8. The van der Waals surface area contributed by atoms with E-state index in [1.165, 1.54) is 4.90 Å². The quantitative estimate of drug-likeness (QED) is 0.893. The van der Waals surface area contributed by atoms with E-state index >= 15 is 0 Å². The molecule has 0 bridgehead atoms. The van der Waals surface area contributed by atoms with Crippen LogP contribution in [0.15, 0.2) is 42.7 Å². The predicted molar refractivity (Wildman–Crippen MR) is 101 cm³/mol. The van der Waals surface area contributed by atoms with Gasteiger partial charge in [0.1, 0.15) is 5.75 Å². The normalized spacial score (nSPS) is 14.1. The van der Waals surface area contributed by atoms with Gasteiger partial charge in [0.15, 0.2) is 0 Å². The topological polar surface area (TPSA) is 71.5 Å². The molecular weight excluding hydrogens is 330 g/mol. The number of anilines is 2. The molecule has 136 valence electrons. The van der Waals surface area contributed by atoms with Crippen LogP contribution in [0.2, 0.25) is 0 Å². The van der Waals surface area contributed by atoms with E-state index in [-0.39, 0.29) is 17.7 Å². The van der Waals surface area contributed by atoms with Crippen molar-refractivity contribution < 1.29 is 14.3 Å². The van der Waals surface area contributed by atoms with Crippen molar-refractivity contribution in [1.29, 1.82) is 0 Å². The first-order chi connectivity index (χ1) is 12.6. The summed E-state index contributed by atoms with van der Waals surface area (Å²) in [5.74, 6) is 0.386. The molecule has 0 atom stereocenters. The van der Waals surface area contributed by atoms with Gasteiger partial charge in [-0.2, -0.15) is 0 Å². The van der Waals surface area contributed by atoms with Crippen molar-refractivity contribution >= 4 is 23.2 Å². The molecule has 2 aromatic rings. The van der Waals surface area contributed by atoms with Gasteiger partial charge in [0, 0.05) is 24.7 Å². The van der Waals surface area contributed by atoms with Crippen LogP contribution in [0.25, 0.3) is 0 Å². The molecule has 1 aromatic heterocycles. The molecule has 1 saturated carbocycles. The highest BCUT2D eigenvalue weighted by Gasteiger charge is 2.24. The average molecular weight is 353 g/mol. The first-order valence-corrected chi connectivity index (χ1v) is 8.77. The molecule has 1 heterocycles. The lowest BCUT2D eigenvalue weighted by Crippen LogP contribution is -2.26. The fourth-order valence-corrected chi connectivity index (χ4v) is 3.22. The van der Waals surface area contributed by atoms with Gasteiger partial charge in [0.05, 0.1) is 24.7 Å². The van der Waals surface area contributed by atoms with Crippen molar-refractivity contribution in [3.05, 3.63) is 48.3 Å². The van der Waals surface area contributed by atoms with Gasteiger partial charge < -0.3 is 15.0 Å². The number of nitrogens with zero attached hydrogens (tertiary/aromatic N) is 2. The molecular formula is C20H23N3O3. The molecule has 1 aliphatic carbocycles. The number of pyridine rings is 1. The number of amides is 2. The van der Waals surface area contributed by atoms with E-state index < -0.39 is 0 Å². The largest absolute Gasteiger partial charge is 0.495 e. The summed E-state index contributed by atoms with van der Waals surface area (Å²) in [5.41, 5.74) is 1.69. The highest BCUT2D eigenvalue weighted by Crippen LogP contribution is 2.30. The minimum atomic E-state index is -0.183. The van der Waals surface area contributed by atoms with E-state index in [0.29, 0.717) is 22.7 Å². The number of ether oxygens (including phenoxy) is 1. The number of aromatic nitrogens is 1. The fraction of sp³-hybridized carbons (Fsp3) is 0.350. The summed E-state index contributed by atoms with van der Waals surface area (Å²) in [6.45, 7) is 0. The number of carbonyl (C=O) groups excluding carboxylic acids is 2. The maximum absolute atomic E-state index is 12.8. The number of methoxy groups -OCH3 is 1. The van der Waals surface area contributed by atoms with Crippen LogP contribution in [-0.4, -0.2) is 31.0 Å². The molecule has 0 spiro atoms. The summed E-state index contributed by atoms with van der Waals surface area (Å²) in [6.07, 6.45) is 7.29. The second-order valence-electron chi connectivity index (χ2n) is 6.46. The first-order valence-electron chi connectivity index (χ1n) is 8.77. The van der Waals surface area contributed by atoms with Crippen molar-refractivity contribution in [2.45, 2.75) is 25.7 Å². The Morgan fingerprint density at radius 1 is 1.23 bits per heavy atom. The molecule has 0 saturated heterocycles. The molecule has 6 heteroatoms. The summed E-state index contributed by atoms with van der Waals surface area (Å²) >= 11 is 0. The molecule has 1 N–H and O–H groups in total. The smallest absolute Gasteiger partial charge is 0.258 e. The lowest BCUT2D eigenvalue weighted by atomic mass is 10.1. The van der Waals surface area contributed by atoms with E-state index in [9.17, 15) is 9.59 Å². The van der Waals surface area contributed by atoms with Crippen molar-refractivity contribution in [2.75, 3.05) is 24.4 Å². The minimum absolute atomic E-state index is 0.00832. The molecule has 1 aromatic carbocycles. The zero-order chi connectivity index (χ0) is 18.5. The molecule has 1 fully saturated rings. The standard InChI is InChI=1S/C20H23N3O3/c1-23(16-8-5-11-21-13-16)20(25)15-9-10-18(26-2)17(12-15)22-19(24)14-6-3-4-7-14/h5,8-14H,3-4,6-7H2,1-2H3,(H,22,24). The second kappa shape index (κ2) is 7.99. The summed E-state index contributed by atoms with van der Waals surface area (Å²) < 4.78 is 5.34. The monoisotopic (exact) mass is 353 g/mol. The Kier molecular flexibility index (Phi) is 5.51. The van der Waals surface area contributed by atoms with Gasteiger partial charge in [-0.1, -0.05) is 12.8 Å². The Bertz CT molecular complexity index is 786. The average Bonchev–Trinajstić information content (AvgIpc) is 3.22. The third kappa shape index (κ3) is 3.85. The number of nitrogens with one attached hydrogen (secondary N) is 1. The third-order valence-electron chi connectivity index (χ3n) is 4.77. The molecule has 3 rings (SSSR count). The number of carbonyl (C=O) groups is 2. The van der Waals surface area contributed by atoms with E-state index in [4.69, 9.17) is 4.74 Å². The molecule has 1 aliphatic rings. The molecule has 0 aliphatic heterocycles. The van der Waals surface area contributed by atoms with Gasteiger partial charge in [-0.25, -0.2) is 0 Å². The third-order valence-corrected chi connectivity index (χ3v) is 4.77. The Labute approximate surface area is 153 Å². The number of benzene rings is 1. The van der Waals surface area contributed by atoms with E-state index in [1.54, 1.807) is 50.8 Å². The maximum Gasteiger partial charge on any atom is 0.258 e. The summed E-state index contributed by atoms with van der Waals surface area (Å²) in [6, 6.07) is 8.66. The zero-order valence-corrected chi connectivity index (χ0v) is 15.1. The van der Waals surface area contributed by atoms with Crippen LogP contribution in [-0.2, 0) is 4.79 Å². The Hall–Kier alpha value is -2.89. The second-order valence-corrected chi connectivity index (χ2v) is 6.46. The van der Waals surface area contributed by atoms with E-state index in [0.717, 1.165) is 25.7 Å².